The maximum Gasteiger partial charge on any atom is 0.0386 e. The van der Waals surface area contributed by atoms with Crippen molar-refractivity contribution in [3.05, 3.63) is 24.3 Å². The second-order valence-corrected chi connectivity index (χ2v) is 2.39. The Hall–Kier alpha value is -1.29. The molecule has 0 radical (unpaired) electrons. The van der Waals surface area contributed by atoms with Crippen LogP contribution in [0.25, 0.3) is 0 Å². The van der Waals surface area contributed by atoms with E-state index in [9.17, 15) is 0 Å². The van der Waals surface area contributed by atoms with Gasteiger partial charge in [0.1, 0.15) is 0 Å². The van der Waals surface area contributed by atoms with Gasteiger partial charge in [-0.3, -0.25) is 4.99 Å². The van der Waals surface area contributed by atoms with E-state index in [-0.39, 0.29) is 0 Å². The van der Waals surface area contributed by atoms with Crippen molar-refractivity contribution >= 4 is 6.21 Å². The number of rotatable bonds is 5. The van der Waals surface area contributed by atoms with Gasteiger partial charge in [-0.1, -0.05) is 25.7 Å². The first-order valence-electron chi connectivity index (χ1n) is 4.10. The van der Waals surface area contributed by atoms with Crippen LogP contribution < -0.4 is 0 Å². The molecule has 0 aromatic heterocycles. The predicted octanol–water partition coefficient (Wildman–Crippen LogP) is 2.60. The van der Waals surface area contributed by atoms with Crippen molar-refractivity contribution in [2.75, 3.05) is 6.54 Å². The zero-order valence-electron chi connectivity index (χ0n) is 7.59. The number of hydrogen-bond acceptors (Lipinski definition) is 1. The molecule has 0 bridgehead atoms. The van der Waals surface area contributed by atoms with Gasteiger partial charge in [0.05, 0.1) is 0 Å². The molecule has 64 valence electrons. The molecule has 0 aromatic carbocycles. The molecule has 12 heavy (non-hydrogen) atoms. The quantitative estimate of drug-likeness (QED) is 0.334. The minimum atomic E-state index is 0.624. The summed E-state index contributed by atoms with van der Waals surface area (Å²) in [7, 11) is 0. The Kier molecular flexibility index (Phi) is 6.97. The van der Waals surface area contributed by atoms with E-state index in [2.05, 4.69) is 24.4 Å². The lowest BCUT2D eigenvalue weighted by Crippen LogP contribution is -1.85. The molecule has 0 aliphatic rings. The molecule has 0 saturated carbocycles. The van der Waals surface area contributed by atoms with Crippen molar-refractivity contribution in [1.82, 2.24) is 0 Å². The standard InChI is InChI=1S/C11H15N/c1-4-7-11(8-5-2)10-12-9-6-3/h1,5,8,10H,2,6-7,9H2,3H3/b11-8-,12-10?. The van der Waals surface area contributed by atoms with E-state index in [1.165, 1.54) is 0 Å². The van der Waals surface area contributed by atoms with E-state index in [0.29, 0.717) is 6.42 Å². The van der Waals surface area contributed by atoms with Crippen LogP contribution in [0.5, 0.6) is 0 Å². The number of terminal acetylenes is 1. The smallest absolute Gasteiger partial charge is 0.0386 e. The van der Waals surface area contributed by atoms with Gasteiger partial charge in [-0.2, -0.15) is 0 Å². The zero-order chi connectivity index (χ0) is 9.23. The maximum atomic E-state index is 5.18. The molecule has 0 spiro atoms. The first kappa shape index (κ1) is 10.7. The van der Waals surface area contributed by atoms with Crippen LogP contribution in [0.3, 0.4) is 0 Å². The highest BCUT2D eigenvalue weighted by Crippen LogP contribution is 1.96. The summed E-state index contributed by atoms with van der Waals surface area (Å²) in [5, 5.41) is 0. The molecule has 0 unspecified atom stereocenters. The molecule has 0 aliphatic carbocycles. The summed E-state index contributed by atoms with van der Waals surface area (Å²) in [4.78, 5) is 4.19. The third-order valence-electron chi connectivity index (χ3n) is 1.25. The summed E-state index contributed by atoms with van der Waals surface area (Å²) in [6.45, 7) is 6.56. The van der Waals surface area contributed by atoms with Crippen molar-refractivity contribution < 1.29 is 0 Å². The van der Waals surface area contributed by atoms with Crippen molar-refractivity contribution in [2.45, 2.75) is 19.8 Å². The fourth-order valence-electron chi connectivity index (χ4n) is 0.728. The normalized spacial score (nSPS) is 11.5. The number of allylic oxidation sites excluding steroid dienone is 3. The topological polar surface area (TPSA) is 12.4 Å². The average molecular weight is 161 g/mol. The van der Waals surface area contributed by atoms with Crippen LogP contribution in [0.15, 0.2) is 29.3 Å². The van der Waals surface area contributed by atoms with Gasteiger partial charge in [-0.25, -0.2) is 0 Å². The van der Waals surface area contributed by atoms with Gasteiger partial charge >= 0.3 is 0 Å². The summed E-state index contributed by atoms with van der Waals surface area (Å²) in [5.74, 6) is 2.57. The molecule has 0 N–H and O–H groups in total. The van der Waals surface area contributed by atoms with Gasteiger partial charge in [-0.15, -0.1) is 12.3 Å². The number of hydrogen-bond donors (Lipinski definition) is 0. The second kappa shape index (κ2) is 7.81. The van der Waals surface area contributed by atoms with Crippen LogP contribution >= 0.6 is 0 Å². The van der Waals surface area contributed by atoms with Crippen molar-refractivity contribution in [3.8, 4) is 12.3 Å². The van der Waals surface area contributed by atoms with Crippen molar-refractivity contribution in [1.29, 1.82) is 0 Å². The van der Waals surface area contributed by atoms with Crippen LogP contribution in [0.2, 0.25) is 0 Å². The summed E-state index contributed by atoms with van der Waals surface area (Å²) < 4.78 is 0. The third-order valence-corrected chi connectivity index (χ3v) is 1.25. The average Bonchev–Trinajstić information content (AvgIpc) is 2.06. The molecule has 0 rings (SSSR count). The summed E-state index contributed by atoms with van der Waals surface area (Å²) in [6, 6.07) is 0. The van der Waals surface area contributed by atoms with Crippen LogP contribution in [0, 0.1) is 12.3 Å². The molecule has 1 heteroatoms. The minimum Gasteiger partial charge on any atom is -0.293 e. The highest BCUT2D eigenvalue weighted by molar-refractivity contribution is 5.79. The second-order valence-electron chi connectivity index (χ2n) is 2.39. The Morgan fingerprint density at radius 1 is 1.67 bits per heavy atom. The Balaban J connectivity index is 4.05. The van der Waals surface area contributed by atoms with E-state index in [0.717, 1.165) is 18.5 Å². The summed E-state index contributed by atoms with van der Waals surface area (Å²) in [6.07, 6.45) is 12.3. The highest BCUT2D eigenvalue weighted by atomic mass is 14.7. The lowest BCUT2D eigenvalue weighted by atomic mass is 10.2. The van der Waals surface area contributed by atoms with Crippen molar-refractivity contribution in [2.24, 2.45) is 4.99 Å². The molecule has 0 aromatic rings. The first-order chi connectivity index (χ1) is 5.85. The van der Waals surface area contributed by atoms with E-state index >= 15 is 0 Å². The molecule has 0 atom stereocenters. The highest BCUT2D eigenvalue weighted by Gasteiger charge is 1.86. The molecular weight excluding hydrogens is 146 g/mol. The Labute approximate surface area is 74.9 Å². The molecule has 0 fully saturated rings. The van der Waals surface area contributed by atoms with E-state index in [4.69, 9.17) is 6.42 Å². The van der Waals surface area contributed by atoms with Gasteiger partial charge < -0.3 is 0 Å². The monoisotopic (exact) mass is 161 g/mol. The lowest BCUT2D eigenvalue weighted by Gasteiger charge is -1.92. The first-order valence-corrected chi connectivity index (χ1v) is 4.10. The summed E-state index contributed by atoms with van der Waals surface area (Å²) >= 11 is 0. The zero-order valence-corrected chi connectivity index (χ0v) is 7.59. The van der Waals surface area contributed by atoms with Gasteiger partial charge in [0.2, 0.25) is 0 Å². The summed E-state index contributed by atoms with van der Waals surface area (Å²) in [5.41, 5.74) is 1.04. The Bertz CT molecular complexity index is 216. The molecule has 1 nitrogen and oxygen atoms in total. The van der Waals surface area contributed by atoms with E-state index in [1.807, 2.05) is 12.3 Å². The molecule has 0 aliphatic heterocycles. The SMILES string of the molecule is C#CC/C(C=NCCC)=C/C=C. The third kappa shape index (κ3) is 5.49. The van der Waals surface area contributed by atoms with Crippen LogP contribution in [0.4, 0.5) is 0 Å². The molecule has 0 heterocycles. The largest absolute Gasteiger partial charge is 0.293 e. The van der Waals surface area contributed by atoms with Crippen molar-refractivity contribution in [3.63, 3.8) is 0 Å². The van der Waals surface area contributed by atoms with Gasteiger partial charge in [-0.05, 0) is 12.0 Å². The van der Waals surface area contributed by atoms with Gasteiger partial charge in [0.25, 0.3) is 0 Å². The minimum absolute atomic E-state index is 0.624. The number of aliphatic imine (C=N–C) groups is 1. The molecule has 0 saturated heterocycles. The Morgan fingerprint density at radius 2 is 2.42 bits per heavy atom. The fraction of sp³-hybridized carbons (Fsp3) is 0.364. The van der Waals surface area contributed by atoms with Crippen LogP contribution in [-0.2, 0) is 0 Å². The van der Waals surface area contributed by atoms with E-state index in [1.54, 1.807) is 6.08 Å². The van der Waals surface area contributed by atoms with Crippen LogP contribution in [-0.4, -0.2) is 12.8 Å². The molecule has 0 amide bonds. The van der Waals surface area contributed by atoms with Gasteiger partial charge in [0.15, 0.2) is 0 Å². The predicted molar refractivity (Wildman–Crippen MR) is 55.4 cm³/mol. The Morgan fingerprint density at radius 3 is 2.92 bits per heavy atom. The van der Waals surface area contributed by atoms with E-state index < -0.39 is 0 Å². The molecular formula is C11H15N. The van der Waals surface area contributed by atoms with Gasteiger partial charge in [0, 0.05) is 19.2 Å². The maximum absolute atomic E-state index is 5.18. The fourth-order valence-corrected chi connectivity index (χ4v) is 0.728. The number of nitrogens with zero attached hydrogens (tertiary/aromatic N) is 1. The lowest BCUT2D eigenvalue weighted by molar-refractivity contribution is 0.936. The van der Waals surface area contributed by atoms with Crippen LogP contribution in [0.1, 0.15) is 19.8 Å².